The molecule has 0 atom stereocenters. The van der Waals surface area contributed by atoms with Crippen molar-refractivity contribution in [3.05, 3.63) is 24.3 Å². The number of ether oxygens (including phenoxy) is 1. The minimum absolute atomic E-state index is 0.312. The lowest BCUT2D eigenvalue weighted by Crippen LogP contribution is -2.04. The Morgan fingerprint density at radius 3 is 2.50 bits per heavy atom. The van der Waals surface area contributed by atoms with Gasteiger partial charge in [0.15, 0.2) is 0 Å². The molecule has 16 heavy (non-hydrogen) atoms. The predicted molar refractivity (Wildman–Crippen MR) is 68.3 cm³/mol. The third-order valence-corrected chi connectivity index (χ3v) is 2.30. The summed E-state index contributed by atoms with van der Waals surface area (Å²) in [5.41, 5.74) is 0.452. The summed E-state index contributed by atoms with van der Waals surface area (Å²) < 4.78 is 4.92. The molecule has 0 fully saturated rings. The van der Waals surface area contributed by atoms with E-state index in [1.807, 2.05) is 6.08 Å². The molecule has 0 aromatic heterocycles. The number of hydrogen-bond acceptors (Lipinski definition) is 2. The summed E-state index contributed by atoms with van der Waals surface area (Å²) in [4.78, 5) is 11.0. The molecule has 0 aliphatic carbocycles. The maximum Gasteiger partial charge on any atom is 0.333 e. The average molecular weight is 224 g/mol. The van der Waals surface area contributed by atoms with Crippen LogP contribution in [-0.4, -0.2) is 12.6 Å². The van der Waals surface area contributed by atoms with E-state index < -0.39 is 0 Å². The third kappa shape index (κ3) is 9.50. The minimum Gasteiger partial charge on any atom is -0.458 e. The molecule has 0 aliphatic rings. The summed E-state index contributed by atoms with van der Waals surface area (Å²) in [6, 6.07) is 0. The number of unbranched alkanes of at least 4 members (excludes halogenated alkanes) is 5. The monoisotopic (exact) mass is 224 g/mol. The van der Waals surface area contributed by atoms with Gasteiger partial charge in [-0.1, -0.05) is 51.3 Å². The molecule has 0 unspecified atom stereocenters. The Morgan fingerprint density at radius 2 is 1.88 bits per heavy atom. The molecule has 0 aliphatic heterocycles. The smallest absolute Gasteiger partial charge is 0.333 e. The number of hydrogen-bond donors (Lipinski definition) is 0. The van der Waals surface area contributed by atoms with Crippen molar-refractivity contribution >= 4 is 5.97 Å². The van der Waals surface area contributed by atoms with E-state index >= 15 is 0 Å². The van der Waals surface area contributed by atoms with Crippen molar-refractivity contribution in [2.75, 3.05) is 6.61 Å². The van der Waals surface area contributed by atoms with Crippen LogP contribution in [0.3, 0.4) is 0 Å². The Hall–Kier alpha value is -1.05. The summed E-state index contributed by atoms with van der Waals surface area (Å²) in [6.45, 7) is 7.75. The molecule has 0 aromatic rings. The summed E-state index contributed by atoms with van der Waals surface area (Å²) >= 11 is 0. The first-order valence-electron chi connectivity index (χ1n) is 6.16. The van der Waals surface area contributed by atoms with Gasteiger partial charge in [0, 0.05) is 5.57 Å². The largest absolute Gasteiger partial charge is 0.458 e. The highest BCUT2D eigenvalue weighted by molar-refractivity contribution is 5.86. The van der Waals surface area contributed by atoms with E-state index in [4.69, 9.17) is 4.74 Å². The molecule has 0 radical (unpaired) electrons. The van der Waals surface area contributed by atoms with Crippen LogP contribution in [0.1, 0.15) is 52.4 Å². The van der Waals surface area contributed by atoms with Gasteiger partial charge in [-0.3, -0.25) is 0 Å². The van der Waals surface area contributed by atoms with Crippen LogP contribution in [0, 0.1) is 0 Å². The third-order valence-electron chi connectivity index (χ3n) is 2.30. The van der Waals surface area contributed by atoms with Crippen molar-refractivity contribution in [3.8, 4) is 0 Å². The molecule has 0 saturated carbocycles. The molecule has 0 saturated heterocycles. The molecular weight excluding hydrogens is 200 g/mol. The van der Waals surface area contributed by atoms with Gasteiger partial charge in [0.05, 0.1) is 0 Å². The quantitative estimate of drug-likeness (QED) is 0.256. The number of esters is 1. The number of rotatable bonds is 9. The van der Waals surface area contributed by atoms with Crippen LogP contribution >= 0.6 is 0 Å². The van der Waals surface area contributed by atoms with Crippen LogP contribution in [0.5, 0.6) is 0 Å². The van der Waals surface area contributed by atoms with Gasteiger partial charge in [0.25, 0.3) is 0 Å². The molecule has 92 valence electrons. The average Bonchev–Trinajstić information content (AvgIpc) is 2.26. The van der Waals surface area contributed by atoms with Gasteiger partial charge in [-0.25, -0.2) is 4.79 Å². The van der Waals surface area contributed by atoms with E-state index in [2.05, 4.69) is 19.6 Å². The Bertz CT molecular complexity index is 229. The van der Waals surface area contributed by atoms with E-state index in [1.165, 1.54) is 32.1 Å². The van der Waals surface area contributed by atoms with Crippen molar-refractivity contribution in [3.63, 3.8) is 0 Å². The van der Waals surface area contributed by atoms with E-state index in [1.54, 1.807) is 6.92 Å². The molecule has 0 bridgehead atoms. The molecule has 2 heteroatoms. The Kier molecular flexibility index (Phi) is 9.78. The van der Waals surface area contributed by atoms with Crippen LogP contribution in [0.2, 0.25) is 0 Å². The van der Waals surface area contributed by atoms with Crippen molar-refractivity contribution < 1.29 is 9.53 Å². The number of allylic oxidation sites excluding steroid dienone is 1. The Balaban J connectivity index is 3.28. The first kappa shape index (κ1) is 14.9. The van der Waals surface area contributed by atoms with E-state index in [-0.39, 0.29) is 5.97 Å². The summed E-state index contributed by atoms with van der Waals surface area (Å²) in [5, 5.41) is 0. The molecule has 0 amide bonds. The fraction of sp³-hybridized carbons (Fsp3) is 0.643. The summed E-state index contributed by atoms with van der Waals surface area (Å²) in [7, 11) is 0. The van der Waals surface area contributed by atoms with Gasteiger partial charge >= 0.3 is 5.97 Å². The summed E-state index contributed by atoms with van der Waals surface area (Å²) in [6.07, 6.45) is 11.5. The highest BCUT2D eigenvalue weighted by atomic mass is 16.5. The number of carbonyl (C=O) groups excluding carboxylic acids is 1. The zero-order valence-corrected chi connectivity index (χ0v) is 10.6. The first-order chi connectivity index (χ1) is 7.68. The lowest BCUT2D eigenvalue weighted by molar-refractivity contribution is -0.137. The lowest BCUT2D eigenvalue weighted by atomic mass is 10.1. The van der Waals surface area contributed by atoms with Crippen LogP contribution < -0.4 is 0 Å². The van der Waals surface area contributed by atoms with E-state index in [9.17, 15) is 4.79 Å². The van der Waals surface area contributed by atoms with Gasteiger partial charge in [0.2, 0.25) is 0 Å². The maximum atomic E-state index is 11.0. The Morgan fingerprint density at radius 1 is 1.19 bits per heavy atom. The fourth-order valence-electron chi connectivity index (χ4n) is 1.30. The molecule has 0 heterocycles. The molecule has 0 aromatic carbocycles. The van der Waals surface area contributed by atoms with Crippen LogP contribution in [0.15, 0.2) is 24.3 Å². The fourth-order valence-corrected chi connectivity index (χ4v) is 1.30. The molecule has 2 nitrogen and oxygen atoms in total. The van der Waals surface area contributed by atoms with Crippen LogP contribution in [0.4, 0.5) is 0 Å². The molecule has 0 N–H and O–H groups in total. The van der Waals surface area contributed by atoms with Crippen molar-refractivity contribution in [1.82, 2.24) is 0 Å². The van der Waals surface area contributed by atoms with Crippen molar-refractivity contribution in [2.45, 2.75) is 52.4 Å². The van der Waals surface area contributed by atoms with Crippen LogP contribution in [0.25, 0.3) is 0 Å². The zero-order chi connectivity index (χ0) is 12.2. The SMILES string of the molecule is C=C(C)C(=O)OC/C=C/CCCCCCC. The van der Waals surface area contributed by atoms with Crippen molar-refractivity contribution in [1.29, 1.82) is 0 Å². The second-order valence-electron chi connectivity index (χ2n) is 4.05. The number of carbonyl (C=O) groups is 1. The molecule has 0 spiro atoms. The second kappa shape index (κ2) is 10.5. The van der Waals surface area contributed by atoms with Crippen LogP contribution in [-0.2, 0) is 9.53 Å². The lowest BCUT2D eigenvalue weighted by Gasteiger charge is -1.99. The topological polar surface area (TPSA) is 26.3 Å². The highest BCUT2D eigenvalue weighted by Gasteiger charge is 1.99. The van der Waals surface area contributed by atoms with Crippen molar-refractivity contribution in [2.24, 2.45) is 0 Å². The maximum absolute atomic E-state index is 11.0. The van der Waals surface area contributed by atoms with Gasteiger partial charge < -0.3 is 4.74 Å². The first-order valence-corrected chi connectivity index (χ1v) is 6.16. The highest BCUT2D eigenvalue weighted by Crippen LogP contribution is 2.05. The summed E-state index contributed by atoms with van der Waals surface area (Å²) in [5.74, 6) is -0.312. The second-order valence-corrected chi connectivity index (χ2v) is 4.05. The predicted octanol–water partition coefficient (Wildman–Crippen LogP) is 4.02. The van der Waals surface area contributed by atoms with Gasteiger partial charge in [-0.05, 0) is 19.8 Å². The van der Waals surface area contributed by atoms with E-state index in [0.29, 0.717) is 12.2 Å². The normalized spacial score (nSPS) is 10.6. The Labute approximate surface area is 99.4 Å². The van der Waals surface area contributed by atoms with E-state index in [0.717, 1.165) is 6.42 Å². The van der Waals surface area contributed by atoms with Gasteiger partial charge in [0.1, 0.15) is 6.61 Å². The molecular formula is C14H24O2. The zero-order valence-electron chi connectivity index (χ0n) is 10.6. The minimum atomic E-state index is -0.312. The standard InChI is InChI=1S/C14H24O2/c1-4-5-6-7-8-9-10-11-12-16-14(15)13(2)3/h10-11H,2,4-9,12H2,1,3H3/b11-10+. The van der Waals surface area contributed by atoms with Gasteiger partial charge in [-0.15, -0.1) is 0 Å². The van der Waals surface area contributed by atoms with Gasteiger partial charge in [-0.2, -0.15) is 0 Å². The molecule has 0 rings (SSSR count).